The Kier molecular flexibility index (Phi) is 6.65. The third kappa shape index (κ3) is 5.01. The van der Waals surface area contributed by atoms with E-state index >= 15 is 0 Å². The van der Waals surface area contributed by atoms with Crippen LogP contribution in [0.4, 0.5) is 10.8 Å². The molecule has 3 aromatic heterocycles. The number of carbonyl (C=O) groups excluding carboxylic acids is 1. The van der Waals surface area contributed by atoms with Gasteiger partial charge in [-0.25, -0.2) is 4.98 Å². The largest absolute Gasteiger partial charge is 0.497 e. The van der Waals surface area contributed by atoms with Gasteiger partial charge in [0.2, 0.25) is 0 Å². The number of furan rings is 1. The Morgan fingerprint density at radius 1 is 1.06 bits per heavy atom. The van der Waals surface area contributed by atoms with Gasteiger partial charge in [0.25, 0.3) is 5.91 Å². The molecule has 1 atom stereocenters. The zero-order valence-electron chi connectivity index (χ0n) is 18.8. The minimum Gasteiger partial charge on any atom is -0.497 e. The Morgan fingerprint density at radius 3 is 2.61 bits per heavy atom. The fourth-order valence-electron chi connectivity index (χ4n) is 3.56. The summed E-state index contributed by atoms with van der Waals surface area (Å²) in [7, 11) is 3.24. The molecule has 0 fully saturated rings. The lowest BCUT2D eigenvalue weighted by atomic mass is 9.98. The molecular weight excluding hydrogens is 438 g/mol. The topological polar surface area (TPSA) is 85.6 Å². The van der Waals surface area contributed by atoms with Crippen molar-refractivity contribution in [2.75, 3.05) is 24.9 Å². The number of anilines is 2. The number of aromatic nitrogens is 1. The molecule has 4 aromatic rings. The summed E-state index contributed by atoms with van der Waals surface area (Å²) in [5.41, 5.74) is 2.86. The summed E-state index contributed by atoms with van der Waals surface area (Å²) in [5.74, 6) is 2.00. The molecule has 0 radical (unpaired) electrons. The van der Waals surface area contributed by atoms with Crippen LogP contribution in [0.1, 0.15) is 38.2 Å². The summed E-state index contributed by atoms with van der Waals surface area (Å²) in [6, 6.07) is 14.6. The first kappa shape index (κ1) is 22.4. The van der Waals surface area contributed by atoms with Crippen molar-refractivity contribution in [2.45, 2.75) is 19.9 Å². The van der Waals surface area contributed by atoms with Crippen molar-refractivity contribution >= 4 is 28.1 Å². The summed E-state index contributed by atoms with van der Waals surface area (Å²) in [6.07, 6.45) is 3.24. The van der Waals surface area contributed by atoms with Gasteiger partial charge in [-0.2, -0.15) is 0 Å². The Balaban J connectivity index is 1.79. The van der Waals surface area contributed by atoms with E-state index in [1.54, 1.807) is 32.5 Å². The van der Waals surface area contributed by atoms with Crippen molar-refractivity contribution in [1.29, 1.82) is 0 Å². The molecule has 0 spiro atoms. The Labute approximate surface area is 196 Å². The van der Waals surface area contributed by atoms with E-state index in [0.717, 1.165) is 26.6 Å². The Hall–Kier alpha value is -3.78. The van der Waals surface area contributed by atoms with Crippen LogP contribution >= 0.6 is 11.3 Å². The number of amides is 1. The second-order valence-electron chi connectivity index (χ2n) is 7.48. The smallest absolute Gasteiger partial charge is 0.291 e. The minimum atomic E-state index is -0.350. The number of hydrogen-bond donors (Lipinski definition) is 2. The Bertz CT molecular complexity index is 1250. The number of benzene rings is 1. The normalized spacial score (nSPS) is 11.6. The van der Waals surface area contributed by atoms with E-state index in [2.05, 4.69) is 21.7 Å². The molecular formula is C25H25N3O4S. The van der Waals surface area contributed by atoms with Crippen LogP contribution in [0.3, 0.4) is 0 Å². The molecule has 0 aliphatic heterocycles. The monoisotopic (exact) mass is 463 g/mol. The van der Waals surface area contributed by atoms with Crippen molar-refractivity contribution in [1.82, 2.24) is 4.98 Å². The summed E-state index contributed by atoms with van der Waals surface area (Å²) in [6.45, 7) is 4.02. The van der Waals surface area contributed by atoms with Crippen LogP contribution in [0.25, 0.3) is 0 Å². The van der Waals surface area contributed by atoms with Gasteiger partial charge < -0.3 is 24.5 Å². The van der Waals surface area contributed by atoms with E-state index in [1.165, 1.54) is 17.6 Å². The van der Waals surface area contributed by atoms with Gasteiger partial charge in [-0.05, 0) is 61.9 Å². The standard InChI is InChI=1S/C25H25N3O4S/c1-15-9-10-26-22(12-15)27-23(18-8-7-17(30-3)14-21(18)31-4)19-13-16(2)33-25(19)28-24(29)20-6-5-11-32-20/h5-14,23H,1-4H3,(H,26,27)(H,28,29). The molecule has 3 heterocycles. The maximum atomic E-state index is 12.7. The SMILES string of the molecule is COc1ccc(C(Nc2cc(C)ccn2)c2cc(C)sc2NC(=O)c2ccco2)c(OC)c1. The molecule has 0 aliphatic carbocycles. The molecule has 2 N–H and O–H groups in total. The predicted octanol–water partition coefficient (Wildman–Crippen LogP) is 5.82. The van der Waals surface area contributed by atoms with Crippen molar-refractivity contribution in [2.24, 2.45) is 0 Å². The van der Waals surface area contributed by atoms with E-state index in [4.69, 9.17) is 13.9 Å². The molecule has 0 saturated carbocycles. The van der Waals surface area contributed by atoms with E-state index in [-0.39, 0.29) is 17.7 Å². The number of thiophene rings is 1. The van der Waals surface area contributed by atoms with Crippen LogP contribution < -0.4 is 20.1 Å². The molecule has 1 amide bonds. The van der Waals surface area contributed by atoms with Gasteiger partial charge in [-0.1, -0.05) is 0 Å². The Morgan fingerprint density at radius 2 is 1.91 bits per heavy atom. The molecule has 0 aliphatic rings. The molecule has 0 bridgehead atoms. The van der Waals surface area contributed by atoms with Crippen molar-refractivity contribution in [3.05, 3.63) is 88.3 Å². The summed E-state index contributed by atoms with van der Waals surface area (Å²) in [4.78, 5) is 18.3. The molecule has 0 saturated heterocycles. The fraction of sp³-hybridized carbons (Fsp3) is 0.200. The van der Waals surface area contributed by atoms with Gasteiger partial charge in [0.15, 0.2) is 5.76 Å². The second kappa shape index (κ2) is 9.79. The van der Waals surface area contributed by atoms with Gasteiger partial charge in [0, 0.05) is 28.3 Å². The predicted molar refractivity (Wildman–Crippen MR) is 130 cm³/mol. The van der Waals surface area contributed by atoms with Gasteiger partial charge in [0.1, 0.15) is 22.3 Å². The third-order valence-electron chi connectivity index (χ3n) is 5.13. The highest BCUT2D eigenvalue weighted by Gasteiger charge is 2.25. The first-order valence-electron chi connectivity index (χ1n) is 10.3. The van der Waals surface area contributed by atoms with Gasteiger partial charge in [-0.3, -0.25) is 4.79 Å². The zero-order valence-corrected chi connectivity index (χ0v) is 19.7. The molecule has 33 heavy (non-hydrogen) atoms. The number of pyridine rings is 1. The average molecular weight is 464 g/mol. The highest BCUT2D eigenvalue weighted by molar-refractivity contribution is 7.16. The number of hydrogen-bond acceptors (Lipinski definition) is 7. The van der Waals surface area contributed by atoms with E-state index in [9.17, 15) is 4.79 Å². The van der Waals surface area contributed by atoms with E-state index in [1.807, 2.05) is 44.2 Å². The summed E-state index contributed by atoms with van der Waals surface area (Å²) in [5, 5.41) is 7.25. The summed E-state index contributed by atoms with van der Waals surface area (Å²) >= 11 is 1.50. The lowest BCUT2D eigenvalue weighted by Crippen LogP contribution is -2.17. The van der Waals surface area contributed by atoms with Crippen LogP contribution in [-0.2, 0) is 0 Å². The molecule has 1 aromatic carbocycles. The first-order valence-corrected chi connectivity index (χ1v) is 11.2. The lowest BCUT2D eigenvalue weighted by Gasteiger charge is -2.23. The highest BCUT2D eigenvalue weighted by Crippen LogP contribution is 2.41. The quantitative estimate of drug-likeness (QED) is 0.342. The van der Waals surface area contributed by atoms with Gasteiger partial charge in [-0.15, -0.1) is 11.3 Å². The van der Waals surface area contributed by atoms with Crippen molar-refractivity contribution in [3.8, 4) is 11.5 Å². The molecule has 7 nitrogen and oxygen atoms in total. The number of nitrogens with one attached hydrogen (secondary N) is 2. The van der Waals surface area contributed by atoms with Crippen LogP contribution in [0.2, 0.25) is 0 Å². The average Bonchev–Trinajstić information content (AvgIpc) is 3.47. The summed E-state index contributed by atoms with van der Waals surface area (Å²) < 4.78 is 16.3. The maximum Gasteiger partial charge on any atom is 0.291 e. The van der Waals surface area contributed by atoms with Gasteiger partial charge in [0.05, 0.1) is 26.5 Å². The number of rotatable bonds is 8. The van der Waals surface area contributed by atoms with Crippen LogP contribution in [0, 0.1) is 13.8 Å². The number of carbonyl (C=O) groups is 1. The molecule has 8 heteroatoms. The van der Waals surface area contributed by atoms with Crippen LogP contribution in [0.15, 0.2) is 65.4 Å². The van der Waals surface area contributed by atoms with Crippen LogP contribution in [0.5, 0.6) is 11.5 Å². The molecule has 1 unspecified atom stereocenters. The van der Waals surface area contributed by atoms with Crippen LogP contribution in [-0.4, -0.2) is 25.1 Å². The molecule has 170 valence electrons. The number of methoxy groups -OCH3 is 2. The van der Waals surface area contributed by atoms with Crippen molar-refractivity contribution in [3.63, 3.8) is 0 Å². The maximum absolute atomic E-state index is 12.7. The fourth-order valence-corrected chi connectivity index (χ4v) is 4.51. The number of ether oxygens (including phenoxy) is 2. The third-order valence-corrected chi connectivity index (χ3v) is 6.11. The molecule has 4 rings (SSSR count). The highest BCUT2D eigenvalue weighted by atomic mass is 32.1. The number of aryl methyl sites for hydroxylation is 2. The first-order chi connectivity index (χ1) is 16.0. The second-order valence-corrected chi connectivity index (χ2v) is 8.73. The number of nitrogens with zero attached hydrogens (tertiary/aromatic N) is 1. The van der Waals surface area contributed by atoms with E-state index < -0.39 is 0 Å². The lowest BCUT2D eigenvalue weighted by molar-refractivity contribution is 0.0997. The van der Waals surface area contributed by atoms with E-state index in [0.29, 0.717) is 17.3 Å². The minimum absolute atomic E-state index is 0.249. The van der Waals surface area contributed by atoms with Crippen molar-refractivity contribution < 1.29 is 18.7 Å². The van der Waals surface area contributed by atoms with Gasteiger partial charge >= 0.3 is 0 Å². The zero-order chi connectivity index (χ0) is 23.4.